The second kappa shape index (κ2) is 5.18. The SMILES string of the molecule is N#Cc1c2c(c(-n3cnc4ccccc43)[n+]3c1[nH]c1ccccc13)CCC2. The number of aromatic nitrogens is 4. The van der Waals surface area contributed by atoms with Crippen molar-refractivity contribution in [3.05, 3.63) is 71.5 Å². The van der Waals surface area contributed by atoms with Gasteiger partial charge in [-0.25, -0.2) is 9.55 Å². The Morgan fingerprint density at radius 1 is 1.04 bits per heavy atom. The molecule has 0 radical (unpaired) electrons. The molecule has 1 N–H and O–H groups in total. The van der Waals surface area contributed by atoms with Crippen molar-refractivity contribution in [1.29, 1.82) is 5.26 Å². The molecule has 27 heavy (non-hydrogen) atoms. The summed E-state index contributed by atoms with van der Waals surface area (Å²) in [5.41, 5.74) is 8.24. The van der Waals surface area contributed by atoms with Crippen molar-refractivity contribution in [2.75, 3.05) is 0 Å². The summed E-state index contributed by atoms with van der Waals surface area (Å²) in [5, 5.41) is 9.92. The fourth-order valence-electron chi connectivity index (χ4n) is 4.52. The Morgan fingerprint density at radius 3 is 2.78 bits per heavy atom. The zero-order valence-electron chi connectivity index (χ0n) is 14.6. The van der Waals surface area contributed by atoms with Gasteiger partial charge in [0, 0.05) is 5.56 Å². The summed E-state index contributed by atoms with van der Waals surface area (Å²) in [6, 6.07) is 18.9. The van der Waals surface area contributed by atoms with E-state index >= 15 is 0 Å². The molecule has 0 aliphatic heterocycles. The topological polar surface area (TPSA) is 61.5 Å². The van der Waals surface area contributed by atoms with Gasteiger partial charge in [0.15, 0.2) is 6.33 Å². The van der Waals surface area contributed by atoms with E-state index in [0.717, 1.165) is 58.4 Å². The van der Waals surface area contributed by atoms with Crippen molar-refractivity contribution in [1.82, 2.24) is 14.5 Å². The van der Waals surface area contributed by atoms with Crippen molar-refractivity contribution >= 4 is 27.7 Å². The number of nitriles is 1. The molecular weight excluding hydrogens is 334 g/mol. The third-order valence-corrected chi connectivity index (χ3v) is 5.65. The van der Waals surface area contributed by atoms with Crippen LogP contribution in [0.15, 0.2) is 54.9 Å². The number of nitrogens with one attached hydrogen (secondary N) is 1. The van der Waals surface area contributed by atoms with E-state index in [9.17, 15) is 5.26 Å². The molecule has 0 bridgehead atoms. The monoisotopic (exact) mass is 350 g/mol. The van der Waals surface area contributed by atoms with Gasteiger partial charge in [-0.05, 0) is 49.1 Å². The Labute approximate surface area is 155 Å². The van der Waals surface area contributed by atoms with E-state index in [1.54, 1.807) is 0 Å². The number of hydrogen-bond donors (Lipinski definition) is 1. The molecule has 0 spiro atoms. The van der Waals surface area contributed by atoms with Crippen LogP contribution in [0.25, 0.3) is 33.5 Å². The van der Waals surface area contributed by atoms with Gasteiger partial charge in [-0.2, -0.15) is 9.66 Å². The Hall–Kier alpha value is -3.65. The van der Waals surface area contributed by atoms with Gasteiger partial charge in [0.1, 0.15) is 33.7 Å². The zero-order chi connectivity index (χ0) is 18.0. The molecule has 0 saturated carbocycles. The highest BCUT2D eigenvalue weighted by molar-refractivity contribution is 5.80. The molecule has 3 aromatic heterocycles. The van der Waals surface area contributed by atoms with E-state index in [4.69, 9.17) is 0 Å². The van der Waals surface area contributed by atoms with Gasteiger partial charge < -0.3 is 0 Å². The Morgan fingerprint density at radius 2 is 1.85 bits per heavy atom. The summed E-state index contributed by atoms with van der Waals surface area (Å²) >= 11 is 0. The first-order chi connectivity index (χ1) is 13.4. The van der Waals surface area contributed by atoms with Crippen molar-refractivity contribution in [2.24, 2.45) is 0 Å². The van der Waals surface area contributed by atoms with Crippen molar-refractivity contribution < 1.29 is 4.40 Å². The molecule has 128 valence electrons. The third-order valence-electron chi connectivity index (χ3n) is 5.65. The number of imidazole rings is 2. The maximum absolute atomic E-state index is 9.92. The predicted molar refractivity (Wildman–Crippen MR) is 103 cm³/mol. The number of hydrogen-bond acceptors (Lipinski definition) is 2. The van der Waals surface area contributed by atoms with Crippen LogP contribution in [0.3, 0.4) is 0 Å². The van der Waals surface area contributed by atoms with Crippen molar-refractivity contribution in [2.45, 2.75) is 19.3 Å². The van der Waals surface area contributed by atoms with Crippen LogP contribution in [0, 0.1) is 11.3 Å². The normalized spacial score (nSPS) is 13.4. The molecule has 2 aromatic carbocycles. The summed E-state index contributed by atoms with van der Waals surface area (Å²) in [7, 11) is 0. The zero-order valence-corrected chi connectivity index (χ0v) is 14.6. The summed E-state index contributed by atoms with van der Waals surface area (Å²) in [6.07, 6.45) is 4.91. The lowest BCUT2D eigenvalue weighted by Crippen LogP contribution is -2.30. The second-order valence-corrected chi connectivity index (χ2v) is 7.05. The van der Waals surface area contributed by atoms with Crippen LogP contribution in [-0.4, -0.2) is 14.5 Å². The molecule has 0 amide bonds. The van der Waals surface area contributed by atoms with Gasteiger partial charge in [-0.1, -0.05) is 24.3 Å². The van der Waals surface area contributed by atoms with Gasteiger partial charge in [-0.15, -0.1) is 0 Å². The molecule has 5 aromatic rings. The van der Waals surface area contributed by atoms with E-state index in [-0.39, 0.29) is 0 Å². The number of H-pyrrole nitrogens is 1. The quantitative estimate of drug-likeness (QED) is 0.470. The first-order valence-electron chi connectivity index (χ1n) is 9.19. The van der Waals surface area contributed by atoms with Crippen LogP contribution in [-0.2, 0) is 12.8 Å². The van der Waals surface area contributed by atoms with Crippen LogP contribution in [0.5, 0.6) is 0 Å². The average molecular weight is 350 g/mol. The number of nitrogens with zero attached hydrogens (tertiary/aromatic N) is 4. The van der Waals surface area contributed by atoms with Crippen LogP contribution in [0.2, 0.25) is 0 Å². The molecule has 3 heterocycles. The second-order valence-electron chi connectivity index (χ2n) is 7.05. The number of fused-ring (bicyclic) bond motifs is 5. The molecule has 0 unspecified atom stereocenters. The van der Waals surface area contributed by atoms with Crippen LogP contribution >= 0.6 is 0 Å². The van der Waals surface area contributed by atoms with Crippen LogP contribution in [0.4, 0.5) is 0 Å². The Kier molecular flexibility index (Phi) is 2.78. The number of para-hydroxylation sites is 4. The van der Waals surface area contributed by atoms with Crippen molar-refractivity contribution in [3.8, 4) is 11.9 Å². The average Bonchev–Trinajstić information content (AvgIpc) is 3.43. The third kappa shape index (κ3) is 1.82. The highest BCUT2D eigenvalue weighted by atomic mass is 15.2. The lowest BCUT2D eigenvalue weighted by Gasteiger charge is -2.10. The first-order valence-corrected chi connectivity index (χ1v) is 9.19. The molecule has 5 nitrogen and oxygen atoms in total. The molecule has 5 heteroatoms. The number of aromatic amines is 1. The van der Waals surface area contributed by atoms with Gasteiger partial charge >= 0.3 is 0 Å². The summed E-state index contributed by atoms with van der Waals surface area (Å²) in [5.74, 6) is 1.10. The standard InChI is InChI=1S/C22H15N5/c23-12-16-14-6-5-7-15(14)22(26-13-24-17-8-1-3-10-19(17)26)27-20-11-4-2-9-18(20)25-21(16)27/h1-4,8-11,13H,5-7H2/p+1. The largest absolute Gasteiger partial charge is 0.269 e. The summed E-state index contributed by atoms with van der Waals surface area (Å²) in [6.45, 7) is 0. The van der Waals surface area contributed by atoms with Crippen LogP contribution < -0.4 is 4.40 Å². The van der Waals surface area contributed by atoms with Crippen LogP contribution in [0.1, 0.15) is 23.1 Å². The lowest BCUT2D eigenvalue weighted by atomic mass is 10.1. The minimum atomic E-state index is 0.770. The maximum Gasteiger partial charge on any atom is 0.250 e. The van der Waals surface area contributed by atoms with E-state index in [1.165, 1.54) is 11.1 Å². The number of pyridine rings is 1. The minimum Gasteiger partial charge on any atom is -0.269 e. The molecule has 1 aliphatic carbocycles. The van der Waals surface area contributed by atoms with Gasteiger partial charge in [0.2, 0.25) is 11.5 Å². The minimum absolute atomic E-state index is 0.770. The van der Waals surface area contributed by atoms with Crippen molar-refractivity contribution in [3.63, 3.8) is 0 Å². The molecule has 0 saturated heterocycles. The summed E-state index contributed by atoms with van der Waals surface area (Å²) in [4.78, 5) is 8.09. The smallest absolute Gasteiger partial charge is 0.250 e. The fraction of sp³-hybridized carbons (Fsp3) is 0.136. The van der Waals surface area contributed by atoms with E-state index in [2.05, 4.69) is 43.2 Å². The predicted octanol–water partition coefficient (Wildman–Crippen LogP) is 3.61. The molecule has 6 rings (SSSR count). The highest BCUT2D eigenvalue weighted by Crippen LogP contribution is 2.32. The highest BCUT2D eigenvalue weighted by Gasteiger charge is 2.31. The van der Waals surface area contributed by atoms with E-state index in [0.29, 0.717) is 0 Å². The maximum atomic E-state index is 9.92. The van der Waals surface area contributed by atoms with E-state index in [1.807, 2.05) is 36.7 Å². The van der Waals surface area contributed by atoms with Gasteiger partial charge in [-0.3, -0.25) is 4.98 Å². The molecule has 0 fully saturated rings. The molecule has 1 aliphatic rings. The summed E-state index contributed by atoms with van der Waals surface area (Å²) < 4.78 is 4.38. The van der Waals surface area contributed by atoms with Gasteiger partial charge in [0.05, 0.1) is 0 Å². The Balaban J connectivity index is 1.88. The molecular formula is C22H16N5+. The fourth-order valence-corrected chi connectivity index (χ4v) is 4.52. The van der Waals surface area contributed by atoms with E-state index < -0.39 is 0 Å². The number of rotatable bonds is 1. The Bertz CT molecular complexity index is 1410. The number of benzene rings is 2. The van der Waals surface area contributed by atoms with Gasteiger partial charge in [0.25, 0.3) is 0 Å². The molecule has 0 atom stereocenters. The first kappa shape index (κ1) is 14.5. The lowest BCUT2D eigenvalue weighted by molar-refractivity contribution is -0.476.